The minimum absolute atomic E-state index is 0.0153. The number of rotatable bonds is 7. The van der Waals surface area contributed by atoms with E-state index in [9.17, 15) is 23.6 Å². The summed E-state index contributed by atoms with van der Waals surface area (Å²) in [6, 6.07) is 16.5. The molecule has 0 aliphatic heterocycles. The van der Waals surface area contributed by atoms with Gasteiger partial charge in [0.15, 0.2) is 17.3 Å². The number of nitriles is 1. The Kier molecular flexibility index (Phi) is 7.28. The summed E-state index contributed by atoms with van der Waals surface area (Å²) >= 11 is 0. The largest absolute Gasteiger partial charge is 0.481 e. The summed E-state index contributed by atoms with van der Waals surface area (Å²) in [6.45, 7) is 1.85. The number of aryl methyl sites for hydroxylation is 1. The third-order valence-electron chi connectivity index (χ3n) is 9.39. The Hall–Kier alpha value is -5.15. The number of fused-ring (bicyclic) bond motifs is 4. The first-order valence-corrected chi connectivity index (χ1v) is 16.4. The number of carbonyl (C=O) groups is 1. The van der Waals surface area contributed by atoms with Crippen molar-refractivity contribution in [3.05, 3.63) is 90.3 Å². The number of nitrogens with zero attached hydrogens (tertiary/aromatic N) is 5. The second-order valence-corrected chi connectivity index (χ2v) is 13.8. The monoisotopic (exact) mass is 636 g/mol. The number of halogens is 1. The number of carboxylic acids is 1. The molecule has 3 aliphatic rings. The van der Waals surface area contributed by atoms with Gasteiger partial charge in [0.05, 0.1) is 22.1 Å². The first-order chi connectivity index (χ1) is 22.2. The van der Waals surface area contributed by atoms with Crippen LogP contribution in [-0.2, 0) is 14.8 Å². The number of aliphatic carboxylic acids is 1. The molecule has 10 nitrogen and oxygen atoms in total. The van der Waals surface area contributed by atoms with Gasteiger partial charge in [-0.05, 0) is 62.1 Å². The number of nitrogens with one attached hydrogen (secondary N) is 1. The molecule has 12 heteroatoms. The molecule has 3 aliphatic carbocycles. The molecule has 2 aromatic carbocycles. The van der Waals surface area contributed by atoms with E-state index in [1.807, 2.05) is 6.92 Å². The van der Waals surface area contributed by atoms with E-state index in [1.54, 1.807) is 42.5 Å². The predicted octanol–water partition coefficient (Wildman–Crippen LogP) is 6.02. The third kappa shape index (κ3) is 4.79. The van der Waals surface area contributed by atoms with E-state index in [0.29, 0.717) is 10.9 Å². The maximum Gasteiger partial charge on any atom is 0.308 e. The third-order valence-corrected chi connectivity index (χ3v) is 11.1. The molecule has 232 valence electrons. The summed E-state index contributed by atoms with van der Waals surface area (Å²) in [4.78, 5) is 25.5. The van der Waals surface area contributed by atoms with Crippen LogP contribution in [0.25, 0.3) is 33.4 Å². The van der Waals surface area contributed by atoms with Crippen LogP contribution in [0.5, 0.6) is 0 Å². The van der Waals surface area contributed by atoms with Gasteiger partial charge in [-0.15, -0.1) is 0 Å². The number of hydrogen-bond acceptors (Lipinski definition) is 8. The molecule has 2 atom stereocenters. The van der Waals surface area contributed by atoms with Crippen LogP contribution >= 0.6 is 0 Å². The maximum atomic E-state index is 16.6. The van der Waals surface area contributed by atoms with Crippen molar-refractivity contribution in [2.45, 2.75) is 43.5 Å². The quantitative estimate of drug-likeness (QED) is 0.219. The molecule has 8 rings (SSSR count). The van der Waals surface area contributed by atoms with E-state index in [4.69, 9.17) is 0 Å². The minimum atomic E-state index is -4.15. The number of aromatic nitrogens is 4. The van der Waals surface area contributed by atoms with Crippen LogP contribution in [0, 0.1) is 41.8 Å². The van der Waals surface area contributed by atoms with Gasteiger partial charge in [-0.2, -0.15) is 5.26 Å². The van der Waals surface area contributed by atoms with Gasteiger partial charge in [0.2, 0.25) is 0 Å². The average molecular weight is 637 g/mol. The van der Waals surface area contributed by atoms with Crippen LogP contribution in [0.4, 0.5) is 10.2 Å². The molecule has 2 unspecified atom stereocenters. The number of benzene rings is 2. The van der Waals surface area contributed by atoms with Gasteiger partial charge in [-0.1, -0.05) is 48.0 Å². The highest BCUT2D eigenvalue weighted by atomic mass is 32.2. The van der Waals surface area contributed by atoms with E-state index < -0.39 is 33.8 Å². The number of carboxylic acid groups (broad SMARTS) is 1. The van der Waals surface area contributed by atoms with Crippen LogP contribution in [0.2, 0.25) is 0 Å². The first-order valence-electron chi connectivity index (χ1n) is 15.0. The molecule has 0 amide bonds. The first kappa shape index (κ1) is 29.6. The molecule has 0 spiro atoms. The van der Waals surface area contributed by atoms with Gasteiger partial charge in [0.25, 0.3) is 10.0 Å². The summed E-state index contributed by atoms with van der Waals surface area (Å²) in [5.41, 5.74) is 1.46. The lowest BCUT2D eigenvalue weighted by Crippen LogP contribution is -2.51. The van der Waals surface area contributed by atoms with Gasteiger partial charge in [-0.25, -0.2) is 31.7 Å². The SMILES string of the molecule is Cc1ccc(S(=O)(=O)n2cc(-c3nc(NC4C5CCC(CC5)C4C(=O)O)c(F)c(-c4ccccc4)c3C#N)c3cncnc32)cc1. The van der Waals surface area contributed by atoms with Crippen molar-refractivity contribution in [1.29, 1.82) is 5.26 Å². The smallest absolute Gasteiger partial charge is 0.308 e. The van der Waals surface area contributed by atoms with Crippen molar-refractivity contribution in [2.75, 3.05) is 5.32 Å². The summed E-state index contributed by atoms with van der Waals surface area (Å²) in [6.07, 6.45) is 7.24. The van der Waals surface area contributed by atoms with E-state index in [2.05, 4.69) is 26.3 Å². The zero-order valence-corrected chi connectivity index (χ0v) is 25.6. The number of anilines is 1. The van der Waals surface area contributed by atoms with Gasteiger partial charge in [0, 0.05) is 34.9 Å². The Morgan fingerprint density at radius 3 is 2.43 bits per heavy atom. The fraction of sp³-hybridized carbons (Fsp3) is 0.265. The highest BCUT2D eigenvalue weighted by molar-refractivity contribution is 7.90. The summed E-state index contributed by atoms with van der Waals surface area (Å²) in [5.74, 6) is -2.66. The van der Waals surface area contributed by atoms with E-state index >= 15 is 4.39 Å². The Morgan fingerprint density at radius 2 is 1.76 bits per heavy atom. The van der Waals surface area contributed by atoms with Crippen LogP contribution in [0.1, 0.15) is 36.8 Å². The van der Waals surface area contributed by atoms with Crippen molar-refractivity contribution < 1.29 is 22.7 Å². The molecule has 3 heterocycles. The fourth-order valence-electron chi connectivity index (χ4n) is 7.14. The second-order valence-electron chi connectivity index (χ2n) is 12.0. The molecule has 3 aromatic heterocycles. The Bertz CT molecular complexity index is 2140. The lowest BCUT2D eigenvalue weighted by molar-refractivity contribution is -0.148. The fourth-order valence-corrected chi connectivity index (χ4v) is 8.47. The highest BCUT2D eigenvalue weighted by Gasteiger charge is 2.48. The van der Waals surface area contributed by atoms with Crippen molar-refractivity contribution in [3.8, 4) is 28.5 Å². The zero-order valence-electron chi connectivity index (χ0n) is 24.8. The van der Waals surface area contributed by atoms with Gasteiger partial charge in [-0.3, -0.25) is 4.79 Å². The summed E-state index contributed by atoms with van der Waals surface area (Å²) in [5, 5.41) is 24.1. The van der Waals surface area contributed by atoms with Crippen molar-refractivity contribution in [1.82, 2.24) is 18.9 Å². The topological polar surface area (TPSA) is 151 Å². The van der Waals surface area contributed by atoms with E-state index in [1.165, 1.54) is 30.9 Å². The molecule has 5 aromatic rings. The molecule has 2 bridgehead atoms. The van der Waals surface area contributed by atoms with Gasteiger partial charge < -0.3 is 10.4 Å². The van der Waals surface area contributed by atoms with Crippen LogP contribution < -0.4 is 5.32 Å². The van der Waals surface area contributed by atoms with Gasteiger partial charge >= 0.3 is 5.97 Å². The van der Waals surface area contributed by atoms with Gasteiger partial charge in [0.1, 0.15) is 12.4 Å². The summed E-state index contributed by atoms with van der Waals surface area (Å²) < 4.78 is 45.4. The molecule has 3 saturated carbocycles. The lowest BCUT2D eigenvalue weighted by Gasteiger charge is -2.47. The second kappa shape index (κ2) is 11.3. The Morgan fingerprint density at radius 1 is 1.07 bits per heavy atom. The molecular formula is C34H29FN6O4S. The zero-order chi connectivity index (χ0) is 32.2. The summed E-state index contributed by atoms with van der Waals surface area (Å²) in [7, 11) is -4.15. The Labute approximate surface area is 264 Å². The molecule has 0 saturated heterocycles. The van der Waals surface area contributed by atoms with Crippen molar-refractivity contribution >= 4 is 32.8 Å². The average Bonchev–Trinajstić information content (AvgIpc) is 3.47. The molecule has 46 heavy (non-hydrogen) atoms. The van der Waals surface area contributed by atoms with E-state index in [-0.39, 0.29) is 50.6 Å². The normalized spacial score (nSPS) is 20.8. The van der Waals surface area contributed by atoms with Crippen molar-refractivity contribution in [3.63, 3.8) is 0 Å². The maximum absolute atomic E-state index is 16.6. The Balaban J connectivity index is 1.47. The van der Waals surface area contributed by atoms with Crippen LogP contribution in [0.3, 0.4) is 0 Å². The van der Waals surface area contributed by atoms with E-state index in [0.717, 1.165) is 35.2 Å². The molecular weight excluding hydrogens is 607 g/mol. The lowest BCUT2D eigenvalue weighted by atomic mass is 9.61. The van der Waals surface area contributed by atoms with Crippen LogP contribution in [0.15, 0.2) is 78.2 Å². The van der Waals surface area contributed by atoms with Crippen LogP contribution in [-0.4, -0.2) is 44.5 Å². The van der Waals surface area contributed by atoms with Crippen molar-refractivity contribution in [2.24, 2.45) is 17.8 Å². The predicted molar refractivity (Wildman–Crippen MR) is 169 cm³/mol. The minimum Gasteiger partial charge on any atom is -0.481 e. The molecule has 2 N–H and O–H groups in total. The molecule has 3 fully saturated rings. The highest BCUT2D eigenvalue weighted by Crippen LogP contribution is 2.47. The number of hydrogen-bond donors (Lipinski definition) is 2. The number of pyridine rings is 1. The standard InChI is InChI=1S/C34H29FN6O4S/c1-19-7-13-23(14-8-19)46(44,45)41-17-26(25-16-37-18-38-33(25)41)31-24(15-36)27(20-5-3-2-4-6-20)29(35)32(40-31)39-30-22-11-9-21(10-12-22)28(30)34(42)43/h2-8,13-14,16-18,21-22,28,30H,9-12H2,1H3,(H,39,40)(H,42,43). The molecule has 0 radical (unpaired) electrons.